The third-order valence-corrected chi connectivity index (χ3v) is 3.62. The van der Waals surface area contributed by atoms with Crippen LogP contribution >= 0.6 is 15.9 Å². The van der Waals surface area contributed by atoms with Crippen LogP contribution in [0, 0.1) is 0 Å². The molecule has 0 aliphatic rings. The summed E-state index contributed by atoms with van der Waals surface area (Å²) in [6.45, 7) is 1.87. The highest BCUT2D eigenvalue weighted by molar-refractivity contribution is 9.10. The number of ether oxygens (including phenoxy) is 1. The van der Waals surface area contributed by atoms with E-state index < -0.39 is 0 Å². The number of hydrogen-bond donors (Lipinski definition) is 2. The number of carbonyl (C=O) groups is 1. The van der Waals surface area contributed by atoms with Crippen LogP contribution < -0.4 is 15.8 Å². The Kier molecular flexibility index (Phi) is 5.36. The molecule has 2 aromatic carbocycles. The standard InChI is InChI=1S/C16H17BrN2O2/c1-11(18)12-6-8-13(9-7-12)21-10-16(20)19-15-5-3-2-4-14(15)17/h2-9,11H,10,18H2,1H3,(H,19,20). The predicted molar refractivity (Wildman–Crippen MR) is 87.3 cm³/mol. The molecule has 0 radical (unpaired) electrons. The Hall–Kier alpha value is -1.85. The fourth-order valence-corrected chi connectivity index (χ4v) is 2.15. The first-order chi connectivity index (χ1) is 10.1. The average Bonchev–Trinajstić information content (AvgIpc) is 2.48. The SMILES string of the molecule is CC(N)c1ccc(OCC(=O)Nc2ccccc2Br)cc1. The van der Waals surface area contributed by atoms with E-state index in [0.717, 1.165) is 15.7 Å². The number of benzene rings is 2. The van der Waals surface area contributed by atoms with Gasteiger partial charge in [0.15, 0.2) is 6.61 Å². The van der Waals surface area contributed by atoms with Gasteiger partial charge in [0.25, 0.3) is 5.91 Å². The maximum absolute atomic E-state index is 11.8. The Morgan fingerprint density at radius 3 is 2.52 bits per heavy atom. The number of halogens is 1. The van der Waals surface area contributed by atoms with Crippen LogP contribution in [0.4, 0.5) is 5.69 Å². The van der Waals surface area contributed by atoms with Gasteiger partial charge in [-0.1, -0.05) is 24.3 Å². The van der Waals surface area contributed by atoms with Gasteiger partial charge in [0.05, 0.1) is 5.69 Å². The molecule has 0 aromatic heterocycles. The lowest BCUT2D eigenvalue weighted by Gasteiger charge is -2.10. The second kappa shape index (κ2) is 7.24. The monoisotopic (exact) mass is 348 g/mol. The van der Waals surface area contributed by atoms with Gasteiger partial charge >= 0.3 is 0 Å². The summed E-state index contributed by atoms with van der Waals surface area (Å²) < 4.78 is 6.28. The van der Waals surface area contributed by atoms with Crippen molar-refractivity contribution in [2.75, 3.05) is 11.9 Å². The molecule has 0 saturated carbocycles. The minimum absolute atomic E-state index is 0.0159. The lowest BCUT2D eigenvalue weighted by atomic mass is 10.1. The fourth-order valence-electron chi connectivity index (χ4n) is 1.77. The molecule has 0 saturated heterocycles. The van der Waals surface area contributed by atoms with Gasteiger partial charge < -0.3 is 15.8 Å². The molecule has 0 spiro atoms. The number of anilines is 1. The second-order valence-corrected chi connectivity index (χ2v) is 5.53. The molecule has 3 N–H and O–H groups in total. The van der Waals surface area contributed by atoms with Crippen LogP contribution in [0.25, 0.3) is 0 Å². The number of amides is 1. The van der Waals surface area contributed by atoms with E-state index in [1.165, 1.54) is 0 Å². The van der Waals surface area contributed by atoms with Crippen LogP contribution in [0.5, 0.6) is 5.75 Å². The molecule has 0 heterocycles. The van der Waals surface area contributed by atoms with E-state index in [2.05, 4.69) is 21.2 Å². The Balaban J connectivity index is 1.88. The van der Waals surface area contributed by atoms with Crippen molar-refractivity contribution in [1.82, 2.24) is 0 Å². The fraction of sp³-hybridized carbons (Fsp3) is 0.188. The molecule has 1 unspecified atom stereocenters. The number of hydrogen-bond acceptors (Lipinski definition) is 3. The van der Waals surface area contributed by atoms with Crippen LogP contribution in [-0.4, -0.2) is 12.5 Å². The summed E-state index contributed by atoms with van der Waals surface area (Å²) in [4.78, 5) is 11.8. The molecule has 0 bridgehead atoms. The first-order valence-electron chi connectivity index (χ1n) is 6.59. The van der Waals surface area contributed by atoms with Crippen molar-refractivity contribution in [1.29, 1.82) is 0 Å². The molecule has 0 aliphatic carbocycles. The van der Waals surface area contributed by atoms with Crippen molar-refractivity contribution in [3.8, 4) is 5.75 Å². The average molecular weight is 349 g/mol. The van der Waals surface area contributed by atoms with Gasteiger partial charge in [0.1, 0.15) is 5.75 Å². The topological polar surface area (TPSA) is 64.3 Å². The summed E-state index contributed by atoms with van der Waals surface area (Å²) in [7, 11) is 0. The number of rotatable bonds is 5. The smallest absolute Gasteiger partial charge is 0.262 e. The molecule has 4 nitrogen and oxygen atoms in total. The molecular formula is C16H17BrN2O2. The minimum atomic E-state index is -0.210. The van der Waals surface area contributed by atoms with Gasteiger partial charge in [0.2, 0.25) is 0 Å². The lowest BCUT2D eigenvalue weighted by molar-refractivity contribution is -0.118. The Morgan fingerprint density at radius 1 is 1.24 bits per heavy atom. The second-order valence-electron chi connectivity index (χ2n) is 4.67. The number of para-hydroxylation sites is 1. The number of nitrogens with two attached hydrogens (primary N) is 1. The summed E-state index contributed by atoms with van der Waals surface area (Å²) in [6, 6.07) is 14.8. The molecule has 2 aromatic rings. The van der Waals surface area contributed by atoms with E-state index in [9.17, 15) is 4.79 Å². The third kappa shape index (κ3) is 4.58. The van der Waals surface area contributed by atoms with Crippen molar-refractivity contribution in [2.45, 2.75) is 13.0 Å². The third-order valence-electron chi connectivity index (χ3n) is 2.92. The molecule has 21 heavy (non-hydrogen) atoms. The van der Waals surface area contributed by atoms with E-state index >= 15 is 0 Å². The van der Waals surface area contributed by atoms with E-state index in [1.54, 1.807) is 0 Å². The van der Waals surface area contributed by atoms with E-state index in [1.807, 2.05) is 55.5 Å². The van der Waals surface area contributed by atoms with Crippen molar-refractivity contribution in [2.24, 2.45) is 5.73 Å². The van der Waals surface area contributed by atoms with Gasteiger partial charge in [-0.2, -0.15) is 0 Å². The van der Waals surface area contributed by atoms with Gasteiger partial charge in [0, 0.05) is 10.5 Å². The van der Waals surface area contributed by atoms with E-state index in [-0.39, 0.29) is 18.6 Å². The molecular weight excluding hydrogens is 332 g/mol. The van der Waals surface area contributed by atoms with Crippen LogP contribution in [0.2, 0.25) is 0 Å². The Labute approximate surface area is 132 Å². The largest absolute Gasteiger partial charge is 0.484 e. The highest BCUT2D eigenvalue weighted by Crippen LogP contribution is 2.21. The van der Waals surface area contributed by atoms with Crippen LogP contribution in [0.15, 0.2) is 53.0 Å². The predicted octanol–water partition coefficient (Wildman–Crippen LogP) is 3.49. The highest BCUT2D eigenvalue weighted by Gasteiger charge is 2.06. The quantitative estimate of drug-likeness (QED) is 0.869. The minimum Gasteiger partial charge on any atom is -0.484 e. The summed E-state index contributed by atoms with van der Waals surface area (Å²) in [6.07, 6.45) is 0. The van der Waals surface area contributed by atoms with Crippen LogP contribution in [0.1, 0.15) is 18.5 Å². The zero-order chi connectivity index (χ0) is 15.2. The zero-order valence-electron chi connectivity index (χ0n) is 11.7. The highest BCUT2D eigenvalue weighted by atomic mass is 79.9. The molecule has 110 valence electrons. The van der Waals surface area contributed by atoms with Crippen LogP contribution in [-0.2, 0) is 4.79 Å². The molecule has 1 atom stereocenters. The van der Waals surface area contributed by atoms with Crippen molar-refractivity contribution in [3.05, 3.63) is 58.6 Å². The van der Waals surface area contributed by atoms with Crippen molar-refractivity contribution in [3.63, 3.8) is 0 Å². The summed E-state index contributed by atoms with van der Waals surface area (Å²) in [5.41, 5.74) is 7.53. The molecule has 1 amide bonds. The van der Waals surface area contributed by atoms with Gasteiger partial charge in [-0.15, -0.1) is 0 Å². The first-order valence-corrected chi connectivity index (χ1v) is 7.38. The Bertz CT molecular complexity index is 612. The van der Waals surface area contributed by atoms with Gasteiger partial charge in [-0.3, -0.25) is 4.79 Å². The maximum Gasteiger partial charge on any atom is 0.262 e. The first kappa shape index (κ1) is 15.5. The van der Waals surface area contributed by atoms with E-state index in [4.69, 9.17) is 10.5 Å². The maximum atomic E-state index is 11.8. The van der Waals surface area contributed by atoms with Crippen molar-refractivity contribution < 1.29 is 9.53 Å². The molecule has 2 rings (SSSR count). The molecule has 0 aliphatic heterocycles. The Morgan fingerprint density at radius 2 is 1.90 bits per heavy atom. The summed E-state index contributed by atoms with van der Waals surface area (Å²) in [5.74, 6) is 0.430. The molecule has 5 heteroatoms. The number of nitrogens with one attached hydrogen (secondary N) is 1. The molecule has 0 fully saturated rings. The van der Waals surface area contributed by atoms with E-state index in [0.29, 0.717) is 5.75 Å². The number of carbonyl (C=O) groups excluding carboxylic acids is 1. The van der Waals surface area contributed by atoms with Crippen LogP contribution in [0.3, 0.4) is 0 Å². The van der Waals surface area contributed by atoms with Gasteiger partial charge in [-0.25, -0.2) is 0 Å². The lowest BCUT2D eigenvalue weighted by Crippen LogP contribution is -2.20. The zero-order valence-corrected chi connectivity index (χ0v) is 13.3. The summed E-state index contributed by atoms with van der Waals surface area (Å²) >= 11 is 3.37. The van der Waals surface area contributed by atoms with Crippen molar-refractivity contribution >= 4 is 27.5 Å². The van der Waals surface area contributed by atoms with Gasteiger partial charge in [-0.05, 0) is 52.7 Å². The summed E-state index contributed by atoms with van der Waals surface area (Å²) in [5, 5.41) is 2.78. The normalized spacial score (nSPS) is 11.8.